The van der Waals surface area contributed by atoms with E-state index in [1.54, 1.807) is 28.8 Å². The molecule has 0 amide bonds. The van der Waals surface area contributed by atoms with Crippen molar-refractivity contribution >= 4 is 38.3 Å². The van der Waals surface area contributed by atoms with E-state index in [1.165, 1.54) is 36.4 Å². The van der Waals surface area contributed by atoms with Crippen molar-refractivity contribution in [2.45, 2.75) is 17.6 Å². The Bertz CT molecular complexity index is 1490. The molecule has 0 fully saturated rings. The molecule has 2 N–H and O–H groups in total. The minimum absolute atomic E-state index is 0.0384. The highest BCUT2D eigenvalue weighted by Gasteiger charge is 2.33. The summed E-state index contributed by atoms with van der Waals surface area (Å²) in [5, 5.41) is 12.6. The van der Waals surface area contributed by atoms with Gasteiger partial charge >= 0.3 is 6.18 Å². The summed E-state index contributed by atoms with van der Waals surface area (Å²) in [4.78, 5) is 4.52. The summed E-state index contributed by atoms with van der Waals surface area (Å²) in [6, 6.07) is 16.1. The van der Waals surface area contributed by atoms with Crippen LogP contribution in [0.3, 0.4) is 0 Å². The number of alkyl halides is 3. The highest BCUT2D eigenvalue weighted by molar-refractivity contribution is 7.90. The average Bonchev–Trinajstić information content (AvgIpc) is 3.09. The molecule has 1 aromatic heterocycles. The number of aliphatic hydroxyl groups excluding tert-OH is 1. The maximum atomic E-state index is 13.6. The van der Waals surface area contributed by atoms with Gasteiger partial charge in [-0.1, -0.05) is 24.8 Å². The van der Waals surface area contributed by atoms with Gasteiger partial charge in [-0.2, -0.15) is 13.2 Å². The first-order valence-electron chi connectivity index (χ1n) is 10.0. The lowest BCUT2D eigenvalue weighted by atomic mass is 10.1. The monoisotopic (exact) mass is 487 g/mol. The largest absolute Gasteiger partial charge is 0.508 e. The number of imidazole rings is 1. The Hall–Kier alpha value is -3.79. The summed E-state index contributed by atoms with van der Waals surface area (Å²) >= 11 is 0. The number of hydrogen-bond donors (Lipinski definition) is 2. The van der Waals surface area contributed by atoms with Crippen LogP contribution in [0.5, 0.6) is 0 Å². The first kappa shape index (κ1) is 23.4. The van der Waals surface area contributed by atoms with Gasteiger partial charge in [-0.25, -0.2) is 13.4 Å². The Labute approximate surface area is 193 Å². The number of aliphatic hydroxyl groups is 1. The van der Waals surface area contributed by atoms with Gasteiger partial charge in [0.1, 0.15) is 5.76 Å². The van der Waals surface area contributed by atoms with E-state index < -0.39 is 21.6 Å². The number of anilines is 2. The maximum Gasteiger partial charge on any atom is 0.416 e. The topological polar surface area (TPSA) is 84.2 Å². The second-order valence-corrected chi connectivity index (χ2v) is 9.76. The van der Waals surface area contributed by atoms with Crippen LogP contribution in [0, 0.1) is 0 Å². The van der Waals surface area contributed by atoms with Crippen LogP contribution in [-0.4, -0.2) is 29.3 Å². The molecule has 0 aliphatic heterocycles. The molecule has 0 radical (unpaired) electrons. The highest BCUT2D eigenvalue weighted by atomic mass is 32.2. The van der Waals surface area contributed by atoms with Crippen molar-refractivity contribution in [2.24, 2.45) is 0 Å². The number of sulfone groups is 1. The fourth-order valence-corrected chi connectivity index (χ4v) is 4.22. The Morgan fingerprint density at radius 2 is 1.76 bits per heavy atom. The van der Waals surface area contributed by atoms with Crippen molar-refractivity contribution < 1.29 is 26.7 Å². The number of halogens is 3. The van der Waals surface area contributed by atoms with Gasteiger partial charge in [-0.05, 0) is 54.1 Å². The minimum Gasteiger partial charge on any atom is -0.508 e. The van der Waals surface area contributed by atoms with Gasteiger partial charge in [0.25, 0.3) is 0 Å². The molecule has 34 heavy (non-hydrogen) atoms. The van der Waals surface area contributed by atoms with Crippen LogP contribution in [0.15, 0.2) is 78.2 Å². The van der Waals surface area contributed by atoms with E-state index in [0.717, 1.165) is 12.3 Å². The van der Waals surface area contributed by atoms with Gasteiger partial charge in [0, 0.05) is 17.5 Å². The molecule has 1 heterocycles. The number of rotatable bonds is 6. The Morgan fingerprint density at radius 1 is 1.09 bits per heavy atom. The second kappa shape index (κ2) is 8.53. The Morgan fingerprint density at radius 3 is 2.38 bits per heavy atom. The molecule has 0 saturated heterocycles. The Kier molecular flexibility index (Phi) is 5.86. The van der Waals surface area contributed by atoms with Crippen LogP contribution >= 0.6 is 0 Å². The molecular weight excluding hydrogens is 467 g/mol. The number of fused-ring (bicyclic) bond motifs is 1. The lowest BCUT2D eigenvalue weighted by molar-refractivity contribution is -0.138. The van der Waals surface area contributed by atoms with Crippen molar-refractivity contribution in [3.05, 3.63) is 90.0 Å². The SMILES string of the molecule is C=C(O)c1ccc(Nc2nc3cc(S(C)(=O)=O)ccc3n2Cc2ccccc2C(F)(F)F)cc1. The summed E-state index contributed by atoms with van der Waals surface area (Å²) in [6.45, 7) is 3.31. The first-order valence-corrected chi connectivity index (χ1v) is 11.9. The molecule has 0 saturated carbocycles. The van der Waals surface area contributed by atoms with Crippen molar-refractivity contribution in [1.29, 1.82) is 0 Å². The smallest absolute Gasteiger partial charge is 0.416 e. The number of nitrogens with one attached hydrogen (secondary N) is 1. The zero-order valence-electron chi connectivity index (χ0n) is 18.0. The van der Waals surface area contributed by atoms with Crippen molar-refractivity contribution in [3.63, 3.8) is 0 Å². The van der Waals surface area contributed by atoms with E-state index in [-0.39, 0.29) is 28.7 Å². The number of nitrogens with zero attached hydrogens (tertiary/aromatic N) is 2. The second-order valence-electron chi connectivity index (χ2n) is 7.75. The highest BCUT2D eigenvalue weighted by Crippen LogP contribution is 2.34. The number of aromatic nitrogens is 2. The van der Waals surface area contributed by atoms with E-state index in [2.05, 4.69) is 16.9 Å². The van der Waals surface area contributed by atoms with E-state index in [4.69, 9.17) is 0 Å². The van der Waals surface area contributed by atoms with Gasteiger partial charge in [0.05, 0.1) is 28.0 Å². The van der Waals surface area contributed by atoms with Gasteiger partial charge in [0.15, 0.2) is 9.84 Å². The predicted molar refractivity (Wildman–Crippen MR) is 125 cm³/mol. The van der Waals surface area contributed by atoms with Crippen molar-refractivity contribution in [1.82, 2.24) is 9.55 Å². The lowest BCUT2D eigenvalue weighted by Gasteiger charge is -2.16. The molecule has 0 aliphatic rings. The van der Waals surface area contributed by atoms with Gasteiger partial charge in [0.2, 0.25) is 5.95 Å². The number of benzene rings is 3. The van der Waals surface area contributed by atoms with E-state index in [9.17, 15) is 26.7 Å². The minimum atomic E-state index is -4.54. The molecule has 0 aliphatic carbocycles. The van der Waals surface area contributed by atoms with Crippen LogP contribution < -0.4 is 5.32 Å². The number of hydrogen-bond acceptors (Lipinski definition) is 5. The molecule has 4 rings (SSSR count). The third kappa shape index (κ3) is 4.76. The summed E-state index contributed by atoms with van der Waals surface area (Å²) < 4.78 is 66.3. The summed E-state index contributed by atoms with van der Waals surface area (Å²) in [7, 11) is -3.51. The predicted octanol–water partition coefficient (Wildman–Crippen LogP) is 5.78. The molecule has 176 valence electrons. The third-order valence-corrected chi connectivity index (χ3v) is 6.38. The fourth-order valence-electron chi connectivity index (χ4n) is 3.58. The van der Waals surface area contributed by atoms with Gasteiger partial charge in [-0.3, -0.25) is 0 Å². The zero-order chi connectivity index (χ0) is 24.7. The lowest BCUT2D eigenvalue weighted by Crippen LogP contribution is -2.12. The summed E-state index contributed by atoms with van der Waals surface area (Å²) in [6.07, 6.45) is -3.47. The van der Waals surface area contributed by atoms with Crippen LogP contribution in [0.1, 0.15) is 16.7 Å². The van der Waals surface area contributed by atoms with Crippen molar-refractivity contribution in [2.75, 3.05) is 11.6 Å². The van der Waals surface area contributed by atoms with Crippen LogP contribution in [0.4, 0.5) is 24.8 Å². The van der Waals surface area contributed by atoms with Crippen LogP contribution in [0.25, 0.3) is 16.8 Å². The van der Waals surface area contributed by atoms with Crippen LogP contribution in [-0.2, 0) is 22.6 Å². The first-order chi connectivity index (χ1) is 15.9. The molecule has 6 nitrogen and oxygen atoms in total. The van der Waals surface area contributed by atoms with Crippen LogP contribution in [0.2, 0.25) is 0 Å². The standard InChI is InChI=1S/C24H20F3N3O3S/c1-15(31)16-7-9-18(10-8-16)28-23-29-21-13-19(34(2,32)33)11-12-22(21)30(23)14-17-5-3-4-6-20(17)24(25,26)27/h3-13,31H,1,14H2,2H3,(H,28,29). The Balaban J connectivity index is 1.84. The molecule has 10 heteroatoms. The summed E-state index contributed by atoms with van der Waals surface area (Å²) in [5.41, 5.74) is 1.13. The zero-order valence-corrected chi connectivity index (χ0v) is 18.8. The maximum absolute atomic E-state index is 13.6. The molecular formula is C24H20F3N3O3S. The molecule has 4 aromatic rings. The van der Waals surface area contributed by atoms with Crippen molar-refractivity contribution in [3.8, 4) is 0 Å². The molecule has 3 aromatic carbocycles. The average molecular weight is 488 g/mol. The molecule has 0 unspecified atom stereocenters. The fraction of sp³-hybridized carbons (Fsp3) is 0.125. The van der Waals surface area contributed by atoms with E-state index >= 15 is 0 Å². The summed E-state index contributed by atoms with van der Waals surface area (Å²) in [5.74, 6) is 0.129. The quantitative estimate of drug-likeness (QED) is 0.337. The van der Waals surface area contributed by atoms with E-state index in [0.29, 0.717) is 22.3 Å². The molecule has 0 atom stereocenters. The molecule has 0 spiro atoms. The molecule has 0 bridgehead atoms. The third-order valence-electron chi connectivity index (χ3n) is 5.27. The van der Waals surface area contributed by atoms with E-state index in [1.807, 2.05) is 0 Å². The normalized spacial score (nSPS) is 12.1. The van der Waals surface area contributed by atoms with Gasteiger partial charge < -0.3 is 15.0 Å². The van der Waals surface area contributed by atoms with Gasteiger partial charge in [-0.15, -0.1) is 0 Å².